The highest BCUT2D eigenvalue weighted by Gasteiger charge is 2.16. The Kier molecular flexibility index (Phi) is 5.19. The molecular weight excluding hydrogens is 357 g/mol. The van der Waals surface area contributed by atoms with Crippen molar-refractivity contribution in [2.45, 2.75) is 17.2 Å². The molecule has 1 atom stereocenters. The van der Waals surface area contributed by atoms with E-state index in [9.17, 15) is 9.18 Å². The van der Waals surface area contributed by atoms with E-state index < -0.39 is 5.82 Å². The minimum Gasteiger partial charge on any atom is -0.397 e. The Hall–Kier alpha value is -1.60. The summed E-state index contributed by atoms with van der Waals surface area (Å²) in [5.41, 5.74) is 6.26. The normalized spacial score (nSPS) is 12.0. The summed E-state index contributed by atoms with van der Waals surface area (Å²) in [5.74, 6) is -0.657. The second-order valence-electron chi connectivity index (χ2n) is 4.30. The highest BCUT2D eigenvalue weighted by Crippen LogP contribution is 2.25. The number of nitrogens with one attached hydrogen (secondary N) is 1. The van der Waals surface area contributed by atoms with Crippen molar-refractivity contribution >= 4 is 45.0 Å². The minimum atomic E-state index is -0.438. The predicted molar refractivity (Wildman–Crippen MR) is 86.7 cm³/mol. The molecule has 110 valence electrons. The second-order valence-corrected chi connectivity index (χ2v) is 6.57. The second kappa shape index (κ2) is 6.91. The van der Waals surface area contributed by atoms with Gasteiger partial charge in [0, 0.05) is 10.7 Å². The topological polar surface area (TPSA) is 68.0 Å². The number of nitrogens with two attached hydrogens (primary N) is 1. The van der Waals surface area contributed by atoms with Gasteiger partial charge < -0.3 is 11.1 Å². The van der Waals surface area contributed by atoms with Crippen LogP contribution in [0.1, 0.15) is 6.92 Å². The van der Waals surface area contributed by atoms with E-state index in [0.29, 0.717) is 5.69 Å². The van der Waals surface area contributed by atoms with Gasteiger partial charge in [-0.05, 0) is 53.2 Å². The lowest BCUT2D eigenvalue weighted by molar-refractivity contribution is -0.115. The van der Waals surface area contributed by atoms with Crippen molar-refractivity contribution in [3.8, 4) is 0 Å². The number of aromatic nitrogens is 1. The summed E-state index contributed by atoms with van der Waals surface area (Å²) in [4.78, 5) is 16.3. The zero-order valence-corrected chi connectivity index (χ0v) is 13.5. The molecule has 3 N–H and O–H groups in total. The van der Waals surface area contributed by atoms with Gasteiger partial charge in [-0.15, -0.1) is 0 Å². The maximum absolute atomic E-state index is 13.0. The quantitative estimate of drug-likeness (QED) is 0.636. The summed E-state index contributed by atoms with van der Waals surface area (Å²) in [6, 6.07) is 7.55. The van der Waals surface area contributed by atoms with Crippen LogP contribution < -0.4 is 11.1 Å². The molecule has 2 rings (SSSR count). The lowest BCUT2D eigenvalue weighted by atomic mass is 10.2. The molecule has 1 heterocycles. The Morgan fingerprint density at radius 1 is 1.43 bits per heavy atom. The van der Waals surface area contributed by atoms with Gasteiger partial charge in [0.2, 0.25) is 5.91 Å². The number of rotatable bonds is 4. The number of hydrogen-bond acceptors (Lipinski definition) is 4. The van der Waals surface area contributed by atoms with E-state index in [1.165, 1.54) is 30.0 Å². The lowest BCUT2D eigenvalue weighted by Gasteiger charge is -2.13. The third kappa shape index (κ3) is 4.44. The van der Waals surface area contributed by atoms with Gasteiger partial charge in [0.1, 0.15) is 5.82 Å². The van der Waals surface area contributed by atoms with Crippen molar-refractivity contribution in [3.63, 3.8) is 0 Å². The van der Waals surface area contributed by atoms with E-state index in [2.05, 4.69) is 26.2 Å². The standard InChI is InChI=1S/C14H13BrFN3OS/c1-8(21-13-5-2-9(15)7-18-13)14(20)19-12-4-3-10(16)6-11(12)17/h2-8H,17H2,1H3,(H,19,20). The van der Waals surface area contributed by atoms with Gasteiger partial charge in [0.25, 0.3) is 0 Å². The van der Waals surface area contributed by atoms with Crippen LogP contribution in [0, 0.1) is 5.82 Å². The van der Waals surface area contributed by atoms with Gasteiger partial charge in [0.15, 0.2) is 0 Å². The number of carbonyl (C=O) groups is 1. The van der Waals surface area contributed by atoms with Crippen molar-refractivity contribution in [2.24, 2.45) is 0 Å². The average molecular weight is 370 g/mol. The molecular formula is C14H13BrFN3OS. The summed E-state index contributed by atoms with van der Waals surface area (Å²) in [6.45, 7) is 1.77. The maximum atomic E-state index is 13.0. The number of thioether (sulfide) groups is 1. The molecule has 0 aliphatic heterocycles. The molecule has 0 aliphatic carbocycles. The fourth-order valence-electron chi connectivity index (χ4n) is 1.55. The van der Waals surface area contributed by atoms with Gasteiger partial charge in [-0.1, -0.05) is 11.8 Å². The van der Waals surface area contributed by atoms with E-state index in [1.54, 1.807) is 13.1 Å². The molecule has 0 spiro atoms. The van der Waals surface area contributed by atoms with Crippen LogP contribution in [0.2, 0.25) is 0 Å². The molecule has 7 heteroatoms. The molecule has 0 radical (unpaired) electrons. The molecule has 0 fully saturated rings. The van der Waals surface area contributed by atoms with Gasteiger partial charge >= 0.3 is 0 Å². The van der Waals surface area contributed by atoms with Crippen molar-refractivity contribution in [2.75, 3.05) is 11.1 Å². The number of anilines is 2. The highest BCUT2D eigenvalue weighted by atomic mass is 79.9. The third-order valence-corrected chi connectivity index (χ3v) is 4.16. The van der Waals surface area contributed by atoms with Gasteiger partial charge in [-0.2, -0.15) is 0 Å². The van der Waals surface area contributed by atoms with Crippen LogP contribution in [0.15, 0.2) is 46.0 Å². The Labute approximate surface area is 134 Å². The molecule has 0 bridgehead atoms. The van der Waals surface area contributed by atoms with Gasteiger partial charge in [-0.25, -0.2) is 9.37 Å². The lowest BCUT2D eigenvalue weighted by Crippen LogP contribution is -2.23. The third-order valence-electron chi connectivity index (χ3n) is 2.64. The molecule has 0 aliphatic rings. The fourth-order valence-corrected chi connectivity index (χ4v) is 2.57. The summed E-state index contributed by atoms with van der Waals surface area (Å²) >= 11 is 4.63. The summed E-state index contributed by atoms with van der Waals surface area (Å²) < 4.78 is 13.8. The molecule has 1 aromatic carbocycles. The van der Waals surface area contributed by atoms with Gasteiger partial charge in [-0.3, -0.25) is 4.79 Å². The van der Waals surface area contributed by atoms with Crippen LogP contribution in [-0.2, 0) is 4.79 Å². The molecule has 4 nitrogen and oxygen atoms in total. The first-order valence-electron chi connectivity index (χ1n) is 6.10. The summed E-state index contributed by atoms with van der Waals surface area (Å²) in [5, 5.41) is 3.07. The number of nitrogen functional groups attached to an aromatic ring is 1. The molecule has 1 unspecified atom stereocenters. The van der Waals surface area contributed by atoms with Crippen LogP contribution in [0.5, 0.6) is 0 Å². The highest BCUT2D eigenvalue weighted by molar-refractivity contribution is 9.10. The maximum Gasteiger partial charge on any atom is 0.237 e. The van der Waals surface area contributed by atoms with Crippen molar-refractivity contribution < 1.29 is 9.18 Å². The molecule has 2 aromatic rings. The van der Waals surface area contributed by atoms with Crippen molar-refractivity contribution in [3.05, 3.63) is 46.8 Å². The zero-order valence-electron chi connectivity index (χ0n) is 11.1. The van der Waals surface area contributed by atoms with Gasteiger partial charge in [0.05, 0.1) is 21.7 Å². The minimum absolute atomic E-state index is 0.197. The Morgan fingerprint density at radius 2 is 2.19 bits per heavy atom. The number of pyridine rings is 1. The molecule has 21 heavy (non-hydrogen) atoms. The Morgan fingerprint density at radius 3 is 2.81 bits per heavy atom. The monoisotopic (exact) mass is 369 g/mol. The predicted octanol–water partition coefficient (Wildman–Crippen LogP) is 3.68. The number of benzene rings is 1. The summed E-state index contributed by atoms with van der Waals surface area (Å²) in [6.07, 6.45) is 1.67. The number of halogens is 2. The smallest absolute Gasteiger partial charge is 0.237 e. The largest absolute Gasteiger partial charge is 0.397 e. The Bertz CT molecular complexity index is 651. The SMILES string of the molecule is CC(Sc1ccc(Br)cn1)C(=O)Nc1ccc(F)cc1N. The number of amides is 1. The fraction of sp³-hybridized carbons (Fsp3) is 0.143. The average Bonchev–Trinajstić information content (AvgIpc) is 2.44. The number of nitrogens with zero attached hydrogens (tertiary/aromatic N) is 1. The van der Waals surface area contributed by atoms with E-state index in [4.69, 9.17) is 5.73 Å². The van der Waals surface area contributed by atoms with Crippen LogP contribution >= 0.6 is 27.7 Å². The Balaban J connectivity index is 2.00. The van der Waals surface area contributed by atoms with E-state index in [0.717, 1.165) is 9.50 Å². The van der Waals surface area contributed by atoms with Crippen molar-refractivity contribution in [1.29, 1.82) is 0 Å². The zero-order chi connectivity index (χ0) is 15.4. The first kappa shape index (κ1) is 15.8. The van der Waals surface area contributed by atoms with Crippen molar-refractivity contribution in [1.82, 2.24) is 4.98 Å². The van der Waals surface area contributed by atoms with E-state index in [1.807, 2.05) is 12.1 Å². The van der Waals surface area contributed by atoms with Crippen LogP contribution in [0.25, 0.3) is 0 Å². The van der Waals surface area contributed by atoms with E-state index >= 15 is 0 Å². The van der Waals surface area contributed by atoms with E-state index in [-0.39, 0.29) is 16.8 Å². The number of hydrogen-bond donors (Lipinski definition) is 2. The van der Waals surface area contributed by atoms with Crippen LogP contribution in [-0.4, -0.2) is 16.1 Å². The molecule has 0 saturated carbocycles. The van der Waals surface area contributed by atoms with Crippen LogP contribution in [0.4, 0.5) is 15.8 Å². The first-order chi connectivity index (χ1) is 9.95. The molecule has 1 aromatic heterocycles. The molecule has 0 saturated heterocycles. The number of carbonyl (C=O) groups excluding carboxylic acids is 1. The van der Waals surface area contributed by atoms with Crippen LogP contribution in [0.3, 0.4) is 0 Å². The summed E-state index contributed by atoms with van der Waals surface area (Å²) in [7, 11) is 0. The first-order valence-corrected chi connectivity index (χ1v) is 7.77. The molecule has 1 amide bonds.